The Hall–Kier alpha value is -1.50. The maximum atomic E-state index is 2.50. The summed E-state index contributed by atoms with van der Waals surface area (Å²) in [5, 5.41) is 0. The van der Waals surface area contributed by atoms with Gasteiger partial charge >= 0.3 is 0 Å². The Morgan fingerprint density at radius 2 is 1.75 bits per heavy atom. The topological polar surface area (TPSA) is 3.24 Å². The standard InChI is InChI=1S/C19H27N/c1-15(2)14-17(4)20(18-8-6-5-7-9-18)19-12-10-16(3)11-13-19/h6,8-13,15,17H,5,7,14H2,1-4H3. The lowest BCUT2D eigenvalue weighted by molar-refractivity contribution is 0.506. The van der Waals surface area contributed by atoms with Crippen LogP contribution in [-0.4, -0.2) is 6.04 Å². The van der Waals surface area contributed by atoms with E-state index in [1.54, 1.807) is 0 Å². The summed E-state index contributed by atoms with van der Waals surface area (Å²) in [6.07, 6.45) is 10.5. The molecule has 1 aromatic rings. The average molecular weight is 269 g/mol. The third-order valence-corrected chi connectivity index (χ3v) is 3.82. The number of hydrogen-bond acceptors (Lipinski definition) is 1. The lowest BCUT2D eigenvalue weighted by Crippen LogP contribution is -2.33. The smallest absolute Gasteiger partial charge is 0.0413 e. The van der Waals surface area contributed by atoms with Crippen LogP contribution in [0.25, 0.3) is 0 Å². The van der Waals surface area contributed by atoms with Crippen molar-refractivity contribution in [2.45, 2.75) is 53.0 Å². The third-order valence-electron chi connectivity index (χ3n) is 3.82. The van der Waals surface area contributed by atoms with Crippen LogP contribution in [0.2, 0.25) is 0 Å². The van der Waals surface area contributed by atoms with Crippen LogP contribution in [0.1, 0.15) is 45.6 Å². The van der Waals surface area contributed by atoms with Crippen LogP contribution in [0.15, 0.2) is 48.2 Å². The van der Waals surface area contributed by atoms with Crippen LogP contribution in [0.4, 0.5) is 5.69 Å². The predicted octanol–water partition coefficient (Wildman–Crippen LogP) is 5.47. The van der Waals surface area contributed by atoms with Crippen LogP contribution in [0, 0.1) is 12.8 Å². The molecule has 1 aliphatic carbocycles. The van der Waals surface area contributed by atoms with E-state index in [-0.39, 0.29) is 0 Å². The summed E-state index contributed by atoms with van der Waals surface area (Å²) in [5.41, 5.74) is 3.98. The molecule has 0 fully saturated rings. The van der Waals surface area contributed by atoms with E-state index in [1.807, 2.05) is 0 Å². The fraction of sp³-hybridized carbons (Fsp3) is 0.474. The van der Waals surface area contributed by atoms with Crippen LogP contribution < -0.4 is 4.90 Å². The van der Waals surface area contributed by atoms with Crippen LogP contribution in [-0.2, 0) is 0 Å². The molecule has 1 nitrogen and oxygen atoms in total. The first-order valence-corrected chi connectivity index (χ1v) is 7.80. The zero-order valence-electron chi connectivity index (χ0n) is 13.3. The SMILES string of the molecule is Cc1ccc(N(C2=CCCC=C2)C(C)CC(C)C)cc1. The van der Waals surface area contributed by atoms with Gasteiger partial charge in [0.2, 0.25) is 0 Å². The van der Waals surface area contributed by atoms with Gasteiger partial charge in [-0.3, -0.25) is 0 Å². The molecule has 1 atom stereocenters. The molecule has 0 radical (unpaired) electrons. The van der Waals surface area contributed by atoms with E-state index in [0.717, 1.165) is 6.42 Å². The van der Waals surface area contributed by atoms with Crippen molar-refractivity contribution in [3.63, 3.8) is 0 Å². The van der Waals surface area contributed by atoms with Gasteiger partial charge in [0.15, 0.2) is 0 Å². The van der Waals surface area contributed by atoms with E-state index in [0.29, 0.717) is 12.0 Å². The highest BCUT2D eigenvalue weighted by molar-refractivity contribution is 5.56. The second-order valence-electron chi connectivity index (χ2n) is 6.29. The van der Waals surface area contributed by atoms with E-state index < -0.39 is 0 Å². The summed E-state index contributed by atoms with van der Waals surface area (Å²) < 4.78 is 0. The zero-order valence-corrected chi connectivity index (χ0v) is 13.3. The van der Waals surface area contributed by atoms with Crippen LogP contribution >= 0.6 is 0 Å². The summed E-state index contributed by atoms with van der Waals surface area (Å²) in [5.74, 6) is 0.714. The van der Waals surface area contributed by atoms with Crippen molar-refractivity contribution in [2.24, 2.45) is 5.92 Å². The lowest BCUT2D eigenvalue weighted by atomic mass is 10.0. The van der Waals surface area contributed by atoms with Crippen LogP contribution in [0.5, 0.6) is 0 Å². The van der Waals surface area contributed by atoms with E-state index in [1.165, 1.54) is 29.8 Å². The van der Waals surface area contributed by atoms with E-state index in [4.69, 9.17) is 0 Å². The molecule has 1 aliphatic rings. The number of aryl methyl sites for hydroxylation is 1. The van der Waals surface area contributed by atoms with Crippen molar-refractivity contribution < 1.29 is 0 Å². The fourth-order valence-corrected chi connectivity index (χ4v) is 2.93. The molecule has 0 bridgehead atoms. The molecule has 0 N–H and O–H groups in total. The molecule has 0 aromatic heterocycles. The van der Waals surface area contributed by atoms with Gasteiger partial charge in [-0.25, -0.2) is 0 Å². The quantitative estimate of drug-likeness (QED) is 0.685. The van der Waals surface area contributed by atoms with Gasteiger partial charge in [0.05, 0.1) is 0 Å². The molecule has 1 unspecified atom stereocenters. The number of anilines is 1. The Morgan fingerprint density at radius 1 is 1.05 bits per heavy atom. The van der Waals surface area contributed by atoms with Gasteiger partial charge < -0.3 is 4.90 Å². The number of benzene rings is 1. The summed E-state index contributed by atoms with van der Waals surface area (Å²) in [6, 6.07) is 9.42. The second-order valence-corrected chi connectivity index (χ2v) is 6.29. The molecule has 0 amide bonds. The first kappa shape index (κ1) is 14.9. The Balaban J connectivity index is 2.30. The Kier molecular flexibility index (Phi) is 5.05. The van der Waals surface area contributed by atoms with E-state index >= 15 is 0 Å². The van der Waals surface area contributed by atoms with Gasteiger partial charge in [-0.05, 0) is 57.2 Å². The first-order chi connectivity index (χ1) is 9.58. The molecule has 0 aliphatic heterocycles. The third kappa shape index (κ3) is 3.75. The normalized spacial score (nSPS) is 16.1. The predicted molar refractivity (Wildman–Crippen MR) is 89.0 cm³/mol. The number of nitrogens with zero attached hydrogens (tertiary/aromatic N) is 1. The van der Waals surface area contributed by atoms with Gasteiger partial charge in [0.25, 0.3) is 0 Å². The monoisotopic (exact) mass is 269 g/mol. The van der Waals surface area contributed by atoms with Crippen molar-refractivity contribution in [1.29, 1.82) is 0 Å². The lowest BCUT2D eigenvalue weighted by Gasteiger charge is -2.34. The Morgan fingerprint density at radius 3 is 2.30 bits per heavy atom. The zero-order chi connectivity index (χ0) is 14.5. The summed E-state index contributed by atoms with van der Waals surface area (Å²) in [6.45, 7) is 9.08. The molecule has 0 saturated carbocycles. The molecule has 0 heterocycles. The number of rotatable bonds is 5. The summed E-state index contributed by atoms with van der Waals surface area (Å²) >= 11 is 0. The van der Waals surface area contributed by atoms with Gasteiger partial charge in [-0.15, -0.1) is 0 Å². The fourth-order valence-electron chi connectivity index (χ4n) is 2.93. The molecule has 20 heavy (non-hydrogen) atoms. The maximum Gasteiger partial charge on any atom is 0.0413 e. The van der Waals surface area contributed by atoms with Crippen molar-refractivity contribution >= 4 is 5.69 Å². The van der Waals surface area contributed by atoms with Gasteiger partial charge in [0, 0.05) is 17.4 Å². The number of allylic oxidation sites excluding steroid dienone is 3. The van der Waals surface area contributed by atoms with Crippen LogP contribution in [0.3, 0.4) is 0 Å². The minimum absolute atomic E-state index is 0.520. The average Bonchev–Trinajstić information content (AvgIpc) is 2.42. The first-order valence-electron chi connectivity index (χ1n) is 7.80. The molecule has 1 aromatic carbocycles. The van der Waals surface area contributed by atoms with Crippen molar-refractivity contribution in [2.75, 3.05) is 4.90 Å². The molecular weight excluding hydrogens is 242 g/mol. The Labute approximate surface area is 124 Å². The minimum atomic E-state index is 0.520. The van der Waals surface area contributed by atoms with Gasteiger partial charge in [-0.1, -0.05) is 43.7 Å². The maximum absolute atomic E-state index is 2.50. The van der Waals surface area contributed by atoms with E-state index in [9.17, 15) is 0 Å². The van der Waals surface area contributed by atoms with Gasteiger partial charge in [-0.2, -0.15) is 0 Å². The highest BCUT2D eigenvalue weighted by Crippen LogP contribution is 2.28. The molecule has 108 valence electrons. The molecule has 2 rings (SSSR count). The Bertz CT molecular complexity index is 479. The highest BCUT2D eigenvalue weighted by atomic mass is 15.2. The van der Waals surface area contributed by atoms with Crippen molar-refractivity contribution in [3.05, 3.63) is 53.8 Å². The molecule has 0 saturated heterocycles. The largest absolute Gasteiger partial charge is 0.339 e. The van der Waals surface area contributed by atoms with Crippen molar-refractivity contribution in [1.82, 2.24) is 0 Å². The second kappa shape index (κ2) is 6.78. The molecule has 1 heteroatoms. The number of hydrogen-bond donors (Lipinski definition) is 0. The highest BCUT2D eigenvalue weighted by Gasteiger charge is 2.19. The van der Waals surface area contributed by atoms with Gasteiger partial charge in [0.1, 0.15) is 0 Å². The molecular formula is C19H27N. The van der Waals surface area contributed by atoms with Crippen molar-refractivity contribution in [3.8, 4) is 0 Å². The minimum Gasteiger partial charge on any atom is -0.339 e. The summed E-state index contributed by atoms with van der Waals surface area (Å²) in [7, 11) is 0. The van der Waals surface area contributed by atoms with E-state index in [2.05, 4.69) is 75.1 Å². The molecule has 0 spiro atoms. The summed E-state index contributed by atoms with van der Waals surface area (Å²) in [4.78, 5) is 2.50.